The van der Waals surface area contributed by atoms with Crippen LogP contribution in [0.3, 0.4) is 0 Å². The van der Waals surface area contributed by atoms with Gasteiger partial charge in [-0.3, -0.25) is 24.0 Å². The summed E-state index contributed by atoms with van der Waals surface area (Å²) in [7, 11) is 3.01. The Hall–Kier alpha value is -4.30. The number of carbonyl (C=O) groups excluding carboxylic acids is 8. The average molecular weight is 968 g/mol. The third-order valence-corrected chi connectivity index (χ3v) is 12.2. The summed E-state index contributed by atoms with van der Waals surface area (Å²) < 4.78 is 8.22. The predicted octanol–water partition coefficient (Wildman–Crippen LogP) is 1.66. The molecule has 2 aliphatic rings. The SMILES string of the molecule is NC(=O)C(Cc1ccccc1)N1CCCNC(=O)CCCN(C(=O)C[N-]C(=O)C[N-]C(=O)C[N-]C(=O)C[S-])C(Cc2ccccc2)C(=O)NC2CSSCC(C2)C1=O.[O]=[99Tc+4]. The van der Waals surface area contributed by atoms with Crippen molar-refractivity contribution in [3.05, 3.63) is 87.7 Å². The van der Waals surface area contributed by atoms with Crippen LogP contribution in [0.1, 0.15) is 36.8 Å². The second-order valence-corrected chi connectivity index (χ2v) is 16.6. The molecule has 2 heterocycles. The van der Waals surface area contributed by atoms with Gasteiger partial charge in [0.15, 0.2) is 0 Å². The van der Waals surface area contributed by atoms with E-state index in [1.165, 1.54) is 31.4 Å². The van der Waals surface area contributed by atoms with Crippen LogP contribution in [-0.4, -0.2) is 132 Å². The maximum absolute atomic E-state index is 14.4. The molecule has 2 bridgehead atoms. The first-order valence-corrected chi connectivity index (χ1v) is 22.9. The van der Waals surface area contributed by atoms with E-state index in [2.05, 4.69) is 39.2 Å². The number of hydrogen-bond donors (Lipinski definition) is 3. The van der Waals surface area contributed by atoms with Gasteiger partial charge in [0.2, 0.25) is 29.5 Å². The third kappa shape index (κ3) is 17.4. The number of fused-ring (bicyclic) bond motifs is 2. The van der Waals surface area contributed by atoms with E-state index in [1.54, 1.807) is 12.1 Å². The van der Waals surface area contributed by atoms with E-state index in [-0.39, 0.29) is 69.3 Å². The molecule has 2 saturated heterocycles. The first kappa shape index (κ1) is 50.1. The number of primary amides is 1. The van der Waals surface area contributed by atoms with Crippen LogP contribution in [0.25, 0.3) is 16.0 Å². The van der Waals surface area contributed by atoms with E-state index >= 15 is 0 Å². The zero-order chi connectivity index (χ0) is 43.9. The fourth-order valence-electron chi connectivity index (χ4n) is 6.48. The molecular formula is C39H48N8O9S3Tc. The van der Waals surface area contributed by atoms with Crippen molar-refractivity contribution < 1.29 is 60.7 Å². The summed E-state index contributed by atoms with van der Waals surface area (Å²) in [5.74, 6) is -4.74. The van der Waals surface area contributed by atoms with Crippen LogP contribution < -0.4 is 16.4 Å². The van der Waals surface area contributed by atoms with Crippen molar-refractivity contribution in [2.75, 3.05) is 56.5 Å². The molecule has 0 saturated carbocycles. The van der Waals surface area contributed by atoms with Crippen LogP contribution in [-0.2, 0) is 86.2 Å². The number of hydrogen-bond acceptors (Lipinski definition) is 12. The van der Waals surface area contributed by atoms with Gasteiger partial charge >= 0.3 is 22.4 Å². The molecule has 8 amide bonds. The van der Waals surface area contributed by atoms with Crippen LogP contribution in [0.15, 0.2) is 60.7 Å². The van der Waals surface area contributed by atoms with E-state index in [0.29, 0.717) is 17.9 Å². The Balaban J connectivity index is 0.00000473. The van der Waals surface area contributed by atoms with Crippen molar-refractivity contribution in [3.8, 4) is 0 Å². The van der Waals surface area contributed by atoms with E-state index in [9.17, 15) is 38.4 Å². The summed E-state index contributed by atoms with van der Waals surface area (Å²) in [6, 6.07) is 15.8. The molecule has 0 aliphatic carbocycles. The Kier molecular flexibility index (Phi) is 23.0. The molecule has 2 aliphatic heterocycles. The van der Waals surface area contributed by atoms with Gasteiger partial charge in [-0.1, -0.05) is 95.3 Å². The Morgan fingerprint density at radius 3 is 2.05 bits per heavy atom. The molecule has 17 nitrogen and oxygen atoms in total. The van der Waals surface area contributed by atoms with Crippen molar-refractivity contribution in [2.24, 2.45) is 11.7 Å². The first-order chi connectivity index (χ1) is 28.9. The number of rotatable bonds is 13. The Labute approximate surface area is 373 Å². The minimum absolute atomic E-state index is 0.00132. The molecule has 0 radical (unpaired) electrons. The Morgan fingerprint density at radius 2 is 1.42 bits per heavy atom. The predicted molar refractivity (Wildman–Crippen MR) is 225 cm³/mol. The molecule has 2 fully saturated rings. The number of carbonyl (C=O) groups is 8. The molecule has 4 N–H and O–H groups in total. The van der Waals surface area contributed by atoms with Crippen LogP contribution in [0.4, 0.5) is 0 Å². The molecular weight excluding hydrogens is 920 g/mol. The van der Waals surface area contributed by atoms with Gasteiger partial charge in [0.25, 0.3) is 0 Å². The summed E-state index contributed by atoms with van der Waals surface area (Å²) in [6.07, 6.45) is 1.10. The fourth-order valence-corrected chi connectivity index (χ4v) is 9.15. The molecule has 4 unspecified atom stereocenters. The summed E-state index contributed by atoms with van der Waals surface area (Å²) in [5.41, 5.74) is 7.52. The first-order valence-electron chi connectivity index (χ1n) is 19.1. The fraction of sp³-hybridized carbons (Fsp3) is 0.487. The van der Waals surface area contributed by atoms with Gasteiger partial charge in [0.1, 0.15) is 12.1 Å². The van der Waals surface area contributed by atoms with Crippen molar-refractivity contribution in [1.29, 1.82) is 0 Å². The number of nitrogens with two attached hydrogens (primary N) is 1. The molecule has 2 aromatic carbocycles. The second-order valence-electron chi connectivity index (χ2n) is 13.7. The second kappa shape index (κ2) is 27.5. The molecule has 323 valence electrons. The van der Waals surface area contributed by atoms with E-state index in [4.69, 9.17) is 9.24 Å². The van der Waals surface area contributed by atoms with Crippen molar-refractivity contribution in [1.82, 2.24) is 20.4 Å². The van der Waals surface area contributed by atoms with Gasteiger partial charge in [-0.15, -0.1) is 5.75 Å². The van der Waals surface area contributed by atoms with E-state index in [0.717, 1.165) is 30.0 Å². The molecule has 0 spiro atoms. The zero-order valence-corrected chi connectivity index (χ0v) is 37.1. The van der Waals surface area contributed by atoms with Gasteiger partial charge in [-0.25, -0.2) is 0 Å². The molecule has 0 aromatic heterocycles. The van der Waals surface area contributed by atoms with E-state index < -0.39 is 79.1 Å². The molecule has 60 heavy (non-hydrogen) atoms. The summed E-state index contributed by atoms with van der Waals surface area (Å²) in [6.45, 7) is -1.53. The van der Waals surface area contributed by atoms with Gasteiger partial charge in [-0.05, 0) is 36.9 Å². The summed E-state index contributed by atoms with van der Waals surface area (Å²) in [4.78, 5) is 107. The summed E-state index contributed by atoms with van der Waals surface area (Å²) >= 11 is 5.47. The van der Waals surface area contributed by atoms with Crippen LogP contribution in [0.5, 0.6) is 0 Å². The number of nitrogens with zero attached hydrogens (tertiary/aromatic N) is 5. The average Bonchev–Trinajstić information content (AvgIpc) is 3.50. The minimum atomic E-state index is -1.09. The van der Waals surface area contributed by atoms with Crippen molar-refractivity contribution >= 4 is 81.5 Å². The molecule has 4 atom stereocenters. The number of amides is 8. The topological polar surface area (TPSA) is 252 Å². The van der Waals surface area contributed by atoms with Gasteiger partial charge in [-0.2, -0.15) is 0 Å². The molecule has 21 heteroatoms. The van der Waals surface area contributed by atoms with Crippen molar-refractivity contribution in [3.63, 3.8) is 0 Å². The molecule has 2 aromatic rings. The third-order valence-electron chi connectivity index (χ3n) is 9.41. The number of nitrogens with one attached hydrogen (secondary N) is 2. The van der Waals surface area contributed by atoms with Gasteiger partial charge in [0, 0.05) is 80.1 Å². The monoisotopic (exact) mass is 967 g/mol. The quantitative estimate of drug-likeness (QED) is 0.192. The number of benzene rings is 2. The molecule has 4 rings (SSSR count). The van der Waals surface area contributed by atoms with E-state index in [1.807, 2.05) is 48.5 Å². The Morgan fingerprint density at radius 1 is 0.817 bits per heavy atom. The van der Waals surface area contributed by atoms with Crippen molar-refractivity contribution in [2.45, 2.75) is 56.7 Å². The normalized spacial score (nSPS) is 19.7. The van der Waals surface area contributed by atoms with Crippen LogP contribution in [0, 0.1) is 5.92 Å². The Bertz CT molecular complexity index is 1770. The summed E-state index contributed by atoms with van der Waals surface area (Å²) in [5, 5.41) is 16.8. The van der Waals surface area contributed by atoms with Crippen LogP contribution in [0.2, 0.25) is 0 Å². The maximum atomic E-state index is 14.4. The van der Waals surface area contributed by atoms with Crippen LogP contribution >= 0.6 is 21.6 Å². The van der Waals surface area contributed by atoms with Gasteiger partial charge < -0.3 is 69.1 Å². The standard InChI is InChI=1S/C39H52N8O8S3.O.Tc/c40-37(53)30(17-26-9-3-1-4-10-26)47-16-8-14-41-32(48)13-7-15-46(36(52)22-44-34(50)20-42-33(49)21-43-35(51)23-56)31(18-27-11-5-2-6-12-27)38(54)45-29-19-28(39(47)55)24-57-58-25-29;;/h1-6,9-12,28-31H,7-8,13-25H2,(H8,40,41,42,43,44,45,48,49,50,51,53,54,56);;/q;;+4/p-4/i;;1+1. The zero-order valence-electron chi connectivity index (χ0n) is 32.8. The van der Waals surface area contributed by atoms with Gasteiger partial charge in [0.05, 0.1) is 0 Å².